The molecular formula is C40H18N16. The molecule has 0 saturated heterocycles. The summed E-state index contributed by atoms with van der Waals surface area (Å²) in [5, 5.41) is 0. The molecule has 4 aromatic carbocycles. The summed E-state index contributed by atoms with van der Waals surface area (Å²) in [4.78, 5) is 76.7. The van der Waals surface area contributed by atoms with E-state index in [1.165, 1.54) is 0 Å². The monoisotopic (exact) mass is 722 g/mol. The number of hydrogen-bond donors (Lipinski definition) is 2. The lowest BCUT2D eigenvalue weighted by atomic mass is 10.2. The van der Waals surface area contributed by atoms with E-state index in [4.69, 9.17) is 69.8 Å². The Labute approximate surface area is 311 Å². The zero-order valence-electron chi connectivity index (χ0n) is 28.5. The van der Waals surface area contributed by atoms with Crippen LogP contribution in [0.15, 0.2) is 97.1 Å². The number of aromatic nitrogens is 16. The highest BCUT2D eigenvalue weighted by molar-refractivity contribution is 6.05. The minimum atomic E-state index is 0.280. The highest BCUT2D eigenvalue weighted by Gasteiger charge is 2.27. The molecule has 0 aliphatic carbocycles. The Kier molecular flexibility index (Phi) is 5.51. The van der Waals surface area contributed by atoms with Crippen LogP contribution in [0.25, 0.3) is 135 Å². The molecular weight excluding hydrogens is 705 g/mol. The molecule has 0 saturated carbocycles. The van der Waals surface area contributed by atoms with Crippen molar-refractivity contribution in [1.29, 1.82) is 0 Å². The van der Waals surface area contributed by atoms with Crippen LogP contribution in [0, 0.1) is 0 Å². The molecule has 2 aliphatic heterocycles. The Balaban J connectivity index is 1.24. The summed E-state index contributed by atoms with van der Waals surface area (Å²) in [5.41, 5.74) is 10.7. The van der Waals surface area contributed by atoms with E-state index in [0.29, 0.717) is 112 Å². The van der Waals surface area contributed by atoms with E-state index in [2.05, 4.69) is 9.97 Å². The quantitative estimate of drug-likeness (QED) is 0.168. The fourth-order valence-corrected chi connectivity index (χ4v) is 7.22. The Morgan fingerprint density at radius 2 is 0.446 bits per heavy atom. The molecule has 2 aliphatic rings. The van der Waals surface area contributed by atoms with E-state index in [-0.39, 0.29) is 23.3 Å². The zero-order chi connectivity index (χ0) is 36.5. The van der Waals surface area contributed by atoms with Gasteiger partial charge in [-0.3, -0.25) is 0 Å². The lowest BCUT2D eigenvalue weighted by Crippen LogP contribution is -1.92. The van der Waals surface area contributed by atoms with Gasteiger partial charge in [-0.1, -0.05) is 48.5 Å². The molecule has 56 heavy (non-hydrogen) atoms. The molecule has 0 unspecified atom stereocenters. The fourth-order valence-electron chi connectivity index (χ4n) is 7.22. The van der Waals surface area contributed by atoms with Crippen LogP contribution < -0.4 is 0 Å². The van der Waals surface area contributed by atoms with E-state index in [1.54, 1.807) is 0 Å². The maximum atomic E-state index is 5.05. The first kappa shape index (κ1) is 29.1. The number of H-pyrrole nitrogens is 2. The van der Waals surface area contributed by atoms with Gasteiger partial charge >= 0.3 is 0 Å². The summed E-state index contributed by atoms with van der Waals surface area (Å²) >= 11 is 0. The summed E-state index contributed by atoms with van der Waals surface area (Å²) in [7, 11) is 0. The number of rotatable bonds is 0. The highest BCUT2D eigenvalue weighted by Crippen LogP contribution is 2.36. The van der Waals surface area contributed by atoms with Crippen molar-refractivity contribution in [3.05, 3.63) is 97.1 Å². The molecule has 8 bridgehead atoms. The topological polar surface area (TPSA) is 212 Å². The Bertz CT molecular complexity index is 3270. The summed E-state index contributed by atoms with van der Waals surface area (Å²) in [6.07, 6.45) is 0. The Morgan fingerprint density at radius 3 is 0.679 bits per heavy atom. The average Bonchev–Trinajstić information content (AvgIpc) is 3.95. The maximum absolute atomic E-state index is 5.05. The third-order valence-electron chi connectivity index (χ3n) is 9.79. The molecule has 0 spiro atoms. The predicted molar refractivity (Wildman–Crippen MR) is 208 cm³/mol. The lowest BCUT2D eigenvalue weighted by molar-refractivity contribution is 1.18. The number of nitrogens with one attached hydrogen (secondary N) is 2. The van der Waals surface area contributed by atoms with Crippen LogP contribution >= 0.6 is 0 Å². The maximum Gasteiger partial charge on any atom is 0.184 e. The van der Waals surface area contributed by atoms with E-state index < -0.39 is 0 Å². The smallest absolute Gasteiger partial charge is 0.184 e. The third-order valence-corrected chi connectivity index (χ3v) is 9.79. The first-order chi connectivity index (χ1) is 27.7. The van der Waals surface area contributed by atoms with E-state index in [0.717, 1.165) is 0 Å². The van der Waals surface area contributed by atoms with Crippen LogP contribution in [0.4, 0.5) is 0 Å². The van der Waals surface area contributed by atoms with Crippen molar-refractivity contribution in [2.75, 3.05) is 0 Å². The molecule has 16 nitrogen and oxygen atoms in total. The SMILES string of the molecule is c1ccc2nc3c(nc2c1)-c1nc-3nc2[nH]c(nc3nc(nc4[nH]c(n1)c1nc5ccccc5nc41)-c1nc4ccccc4nc1-3)c1nc3ccccc3nc21. The molecule has 11 aromatic rings. The molecule has 13 rings (SSSR count). The summed E-state index contributed by atoms with van der Waals surface area (Å²) in [5.74, 6) is 1.12. The summed E-state index contributed by atoms with van der Waals surface area (Å²) < 4.78 is 0. The van der Waals surface area contributed by atoms with Crippen molar-refractivity contribution in [2.45, 2.75) is 0 Å². The van der Waals surface area contributed by atoms with Gasteiger partial charge in [-0.15, -0.1) is 0 Å². The van der Waals surface area contributed by atoms with Gasteiger partial charge in [0, 0.05) is 0 Å². The molecule has 258 valence electrons. The van der Waals surface area contributed by atoms with Gasteiger partial charge in [0.05, 0.1) is 44.1 Å². The van der Waals surface area contributed by atoms with Gasteiger partial charge in [-0.05, 0) is 48.5 Å². The van der Waals surface area contributed by atoms with Gasteiger partial charge in [0.15, 0.2) is 45.9 Å². The number of fused-ring (bicyclic) bond motifs is 24. The second kappa shape index (κ2) is 10.6. The van der Waals surface area contributed by atoms with Crippen LogP contribution in [-0.4, -0.2) is 79.7 Å². The number of hydrogen-bond acceptors (Lipinski definition) is 14. The summed E-state index contributed by atoms with van der Waals surface area (Å²) in [6, 6.07) is 30.5. The summed E-state index contributed by atoms with van der Waals surface area (Å²) in [6.45, 7) is 0. The number of para-hydroxylation sites is 8. The van der Waals surface area contributed by atoms with Crippen molar-refractivity contribution in [3.8, 4) is 46.1 Å². The van der Waals surface area contributed by atoms with E-state index >= 15 is 0 Å². The molecule has 0 amide bonds. The molecule has 9 heterocycles. The van der Waals surface area contributed by atoms with Gasteiger partial charge in [0.2, 0.25) is 0 Å². The molecule has 0 atom stereocenters. The van der Waals surface area contributed by atoms with Crippen LogP contribution in [0.1, 0.15) is 0 Å². The van der Waals surface area contributed by atoms with Crippen molar-refractivity contribution in [1.82, 2.24) is 79.7 Å². The fraction of sp³-hybridized carbons (Fsp3) is 0. The second-order valence-corrected chi connectivity index (χ2v) is 13.2. The predicted octanol–water partition coefficient (Wildman–Crippen LogP) is 6.64. The van der Waals surface area contributed by atoms with Crippen LogP contribution in [0.3, 0.4) is 0 Å². The Hall–Kier alpha value is -8.40. The standard InChI is InChI=1S/C40H18N16/c1-2-10-18-17(9-1)41-25-26(42-18)34-49-33(25)53-35-27-28(44-20-12-4-3-11-19(20)43-27)37(50-35)55-39-31-32(48-24-16-8-7-15-23(24)47-31)40(52-39)56-38-30-29(36(51-38)54-34)45-21-13-5-6-14-22(21)46-30/h1-16H,(H2,49,50,51,52,53,54,55,56). The van der Waals surface area contributed by atoms with Gasteiger partial charge in [0.1, 0.15) is 44.8 Å². The number of nitrogens with zero attached hydrogens (tertiary/aromatic N) is 14. The van der Waals surface area contributed by atoms with E-state index in [9.17, 15) is 0 Å². The zero-order valence-corrected chi connectivity index (χ0v) is 28.5. The van der Waals surface area contributed by atoms with Crippen molar-refractivity contribution in [3.63, 3.8) is 0 Å². The van der Waals surface area contributed by atoms with Gasteiger partial charge in [0.25, 0.3) is 0 Å². The van der Waals surface area contributed by atoms with Gasteiger partial charge in [-0.25, -0.2) is 69.8 Å². The Morgan fingerprint density at radius 1 is 0.232 bits per heavy atom. The normalized spacial score (nSPS) is 12.3. The average molecular weight is 723 g/mol. The van der Waals surface area contributed by atoms with Crippen molar-refractivity contribution < 1.29 is 0 Å². The van der Waals surface area contributed by atoms with Gasteiger partial charge < -0.3 is 9.97 Å². The minimum absolute atomic E-state index is 0.280. The van der Waals surface area contributed by atoms with Crippen LogP contribution in [0.2, 0.25) is 0 Å². The molecule has 0 fully saturated rings. The van der Waals surface area contributed by atoms with Crippen molar-refractivity contribution >= 4 is 88.8 Å². The first-order valence-electron chi connectivity index (χ1n) is 17.6. The molecule has 16 heteroatoms. The van der Waals surface area contributed by atoms with Crippen LogP contribution in [-0.2, 0) is 0 Å². The van der Waals surface area contributed by atoms with Gasteiger partial charge in [-0.2, -0.15) is 0 Å². The molecule has 7 aromatic heterocycles. The largest absolute Gasteiger partial charge is 0.321 e. The molecule has 2 N–H and O–H groups in total. The number of benzene rings is 4. The highest BCUT2D eigenvalue weighted by atomic mass is 15.1. The third kappa shape index (κ3) is 4.16. The van der Waals surface area contributed by atoms with E-state index in [1.807, 2.05) is 97.1 Å². The van der Waals surface area contributed by atoms with Crippen molar-refractivity contribution in [2.24, 2.45) is 0 Å². The first-order valence-corrected chi connectivity index (χ1v) is 17.6. The lowest BCUT2D eigenvalue weighted by Gasteiger charge is -2.01. The van der Waals surface area contributed by atoms with Crippen LogP contribution in [0.5, 0.6) is 0 Å². The molecule has 0 radical (unpaired) electrons. The minimum Gasteiger partial charge on any atom is -0.321 e. The number of aromatic amines is 2. The second-order valence-electron chi connectivity index (χ2n) is 13.2.